The van der Waals surface area contributed by atoms with Crippen LogP contribution in [0.5, 0.6) is 5.88 Å². The van der Waals surface area contributed by atoms with Gasteiger partial charge in [0.15, 0.2) is 0 Å². The van der Waals surface area contributed by atoms with Crippen LogP contribution < -0.4 is 4.74 Å². The van der Waals surface area contributed by atoms with Crippen LogP contribution in [-0.2, 0) is 10.0 Å². The zero-order valence-electron chi connectivity index (χ0n) is 22.1. The third kappa shape index (κ3) is 6.87. The summed E-state index contributed by atoms with van der Waals surface area (Å²) in [6.07, 6.45) is 0.812. The lowest BCUT2D eigenvalue weighted by Crippen LogP contribution is -2.50. The average molecular weight is 530 g/mol. The van der Waals surface area contributed by atoms with Gasteiger partial charge in [0, 0.05) is 31.3 Å². The molecule has 0 aliphatic carbocycles. The molecule has 0 saturated carbocycles. The number of carbonyl (C=O) groups excluding carboxylic acids is 1. The Morgan fingerprint density at radius 3 is 2.54 bits per heavy atom. The maximum Gasteiger partial charge on any atom is 0.259 e. The number of benzene rings is 1. The van der Waals surface area contributed by atoms with Gasteiger partial charge in [-0.05, 0) is 45.9 Å². The van der Waals surface area contributed by atoms with Crippen molar-refractivity contribution in [2.75, 3.05) is 26.7 Å². The molecule has 37 heavy (non-hydrogen) atoms. The van der Waals surface area contributed by atoms with Crippen LogP contribution in [0.3, 0.4) is 0 Å². The monoisotopic (exact) mass is 529 g/mol. The van der Waals surface area contributed by atoms with Gasteiger partial charge in [-0.3, -0.25) is 4.79 Å². The summed E-state index contributed by atoms with van der Waals surface area (Å²) in [5.74, 6) is 4.92. The fourth-order valence-electron chi connectivity index (χ4n) is 3.86. The first kappa shape index (κ1) is 28.6. The van der Waals surface area contributed by atoms with Crippen molar-refractivity contribution in [3.8, 4) is 17.7 Å². The van der Waals surface area contributed by atoms with Crippen LogP contribution in [0.25, 0.3) is 0 Å². The van der Waals surface area contributed by atoms with Gasteiger partial charge in [0.25, 0.3) is 5.91 Å². The van der Waals surface area contributed by atoms with Crippen molar-refractivity contribution in [3.63, 3.8) is 0 Å². The Kier molecular flexibility index (Phi) is 8.65. The Balaban J connectivity index is 1.99. The molecule has 200 valence electrons. The van der Waals surface area contributed by atoms with Gasteiger partial charge < -0.3 is 19.8 Å². The second kappa shape index (κ2) is 11.2. The topological polar surface area (TPSA) is 120 Å². The molecule has 0 radical (unpaired) electrons. The van der Waals surface area contributed by atoms with E-state index in [-0.39, 0.29) is 47.9 Å². The summed E-state index contributed by atoms with van der Waals surface area (Å²) in [5, 5.41) is 19.7. The smallest absolute Gasteiger partial charge is 0.259 e. The second-order valence-corrected chi connectivity index (χ2v) is 12.2. The highest BCUT2D eigenvalue weighted by Gasteiger charge is 2.36. The van der Waals surface area contributed by atoms with Crippen molar-refractivity contribution >= 4 is 15.9 Å². The Hall–Kier alpha value is -2.97. The summed E-state index contributed by atoms with van der Waals surface area (Å²) in [5.41, 5.74) is 0.300. The van der Waals surface area contributed by atoms with Gasteiger partial charge in [-0.15, -0.1) is 0 Å². The number of likely N-dealkylation sites (N-methyl/N-ethyl adjacent to an activating group) is 1. The van der Waals surface area contributed by atoms with Crippen molar-refractivity contribution < 1.29 is 28.2 Å². The lowest BCUT2D eigenvalue weighted by atomic mass is 10.00. The average Bonchev–Trinajstić information content (AvgIpc) is 2.84. The van der Waals surface area contributed by atoms with Crippen molar-refractivity contribution in [2.45, 2.75) is 57.3 Å². The number of aryl methyl sites for hydroxylation is 1. The first-order valence-electron chi connectivity index (χ1n) is 12.1. The van der Waals surface area contributed by atoms with Crippen molar-refractivity contribution in [2.24, 2.45) is 5.92 Å². The Morgan fingerprint density at radius 1 is 1.30 bits per heavy atom. The van der Waals surface area contributed by atoms with Gasteiger partial charge in [-0.25, -0.2) is 13.4 Å². The molecule has 2 aromatic rings. The number of aliphatic hydroxyl groups is 2. The number of amides is 1. The van der Waals surface area contributed by atoms with Crippen LogP contribution in [0, 0.1) is 24.7 Å². The molecule has 0 bridgehead atoms. The number of rotatable bonds is 6. The number of fused-ring (bicyclic) bond motifs is 1. The molecule has 0 unspecified atom stereocenters. The summed E-state index contributed by atoms with van der Waals surface area (Å²) in [4.78, 5) is 19.5. The Bertz CT molecular complexity index is 1290. The molecule has 2 heterocycles. The molecule has 0 fully saturated rings. The first-order valence-corrected chi connectivity index (χ1v) is 13.5. The number of sulfonamides is 1. The molecule has 3 rings (SSSR count). The van der Waals surface area contributed by atoms with E-state index in [0.29, 0.717) is 5.56 Å². The minimum atomic E-state index is -3.78. The molecule has 0 saturated heterocycles. The van der Waals surface area contributed by atoms with Crippen molar-refractivity contribution in [1.82, 2.24) is 14.2 Å². The van der Waals surface area contributed by atoms with Gasteiger partial charge in [0.1, 0.15) is 17.3 Å². The molecule has 2 N–H and O–H groups in total. The summed E-state index contributed by atoms with van der Waals surface area (Å²) < 4.78 is 33.8. The van der Waals surface area contributed by atoms with E-state index in [9.17, 15) is 23.4 Å². The number of aliphatic hydroxyl groups excluding tert-OH is 1. The molecule has 3 atom stereocenters. The molecule has 1 aliphatic rings. The number of aromatic nitrogens is 1. The van der Waals surface area contributed by atoms with E-state index in [4.69, 9.17) is 4.74 Å². The van der Waals surface area contributed by atoms with Crippen molar-refractivity contribution in [1.29, 1.82) is 0 Å². The van der Waals surface area contributed by atoms with E-state index in [1.54, 1.807) is 56.0 Å². The SMILES string of the molecule is Cc1ccc(S(=O)(=O)N(C)C[C@@H]2Oc3ncc(C#CC(C)(C)O)cc3C(=O)N([C@H](C)CO)C[C@@H]2C)cc1. The first-order chi connectivity index (χ1) is 17.2. The lowest BCUT2D eigenvalue weighted by molar-refractivity contribution is 0.0373. The highest BCUT2D eigenvalue weighted by Crippen LogP contribution is 2.28. The number of pyridine rings is 1. The third-order valence-corrected chi connectivity index (χ3v) is 8.04. The van der Waals surface area contributed by atoms with Gasteiger partial charge in [-0.2, -0.15) is 4.31 Å². The summed E-state index contributed by atoms with van der Waals surface area (Å²) in [6, 6.07) is 7.68. The molecular weight excluding hydrogens is 494 g/mol. The van der Waals surface area contributed by atoms with Crippen LogP contribution >= 0.6 is 0 Å². The minimum Gasteiger partial charge on any atom is -0.472 e. The molecule has 10 heteroatoms. The molecule has 1 aromatic heterocycles. The minimum absolute atomic E-state index is 0.0221. The predicted molar refractivity (Wildman–Crippen MR) is 140 cm³/mol. The fourth-order valence-corrected chi connectivity index (χ4v) is 5.04. The van der Waals surface area contributed by atoms with Gasteiger partial charge in [0.05, 0.1) is 24.1 Å². The van der Waals surface area contributed by atoms with E-state index in [0.717, 1.165) is 5.56 Å². The molecule has 1 amide bonds. The summed E-state index contributed by atoms with van der Waals surface area (Å²) in [6.45, 7) is 8.61. The molecule has 1 aromatic carbocycles. The van der Waals surface area contributed by atoms with Crippen LogP contribution in [0.15, 0.2) is 41.4 Å². The molecular formula is C27H35N3O6S. The Labute approximate surface area is 219 Å². The number of nitrogens with zero attached hydrogens (tertiary/aromatic N) is 3. The highest BCUT2D eigenvalue weighted by molar-refractivity contribution is 7.89. The standard InChI is InChI=1S/C27H35N3O6S/c1-18-7-9-22(10-8-18)37(34,35)29(6)16-24-19(2)15-30(20(3)17-31)26(32)23-13-21(11-12-27(4,5)33)14-28-25(23)36-24/h7-10,13-14,19-20,24,31,33H,15-17H2,1-6H3/t19-,20+,24-/m0/s1. The predicted octanol–water partition coefficient (Wildman–Crippen LogP) is 2.05. The number of ether oxygens (including phenoxy) is 1. The van der Waals surface area contributed by atoms with Crippen LogP contribution in [0.4, 0.5) is 0 Å². The van der Waals surface area contributed by atoms with Gasteiger partial charge in [-0.1, -0.05) is 36.5 Å². The zero-order valence-corrected chi connectivity index (χ0v) is 22.9. The second-order valence-electron chi connectivity index (χ2n) is 10.1. The molecule has 9 nitrogen and oxygen atoms in total. The van der Waals surface area contributed by atoms with Gasteiger partial charge >= 0.3 is 0 Å². The summed E-state index contributed by atoms with van der Waals surface area (Å²) >= 11 is 0. The quantitative estimate of drug-likeness (QED) is 0.550. The van der Waals surface area contributed by atoms with Crippen LogP contribution in [0.2, 0.25) is 0 Å². The van der Waals surface area contributed by atoms with Crippen LogP contribution in [-0.4, -0.2) is 83.2 Å². The van der Waals surface area contributed by atoms with E-state index in [2.05, 4.69) is 16.8 Å². The molecule has 0 spiro atoms. The molecule has 1 aliphatic heterocycles. The highest BCUT2D eigenvalue weighted by atomic mass is 32.2. The van der Waals surface area contributed by atoms with E-state index in [1.165, 1.54) is 17.5 Å². The Morgan fingerprint density at radius 2 is 1.95 bits per heavy atom. The third-order valence-electron chi connectivity index (χ3n) is 6.20. The number of hydrogen-bond acceptors (Lipinski definition) is 7. The summed E-state index contributed by atoms with van der Waals surface area (Å²) in [7, 11) is -2.29. The largest absolute Gasteiger partial charge is 0.472 e. The maximum atomic E-state index is 13.5. The maximum absolute atomic E-state index is 13.5. The number of carbonyl (C=O) groups is 1. The fraction of sp³-hybridized carbons (Fsp3) is 0.481. The van der Waals surface area contributed by atoms with E-state index < -0.39 is 27.8 Å². The number of hydrogen-bond donors (Lipinski definition) is 2. The normalized spacial score (nSPS) is 19.3. The van der Waals surface area contributed by atoms with Gasteiger partial charge in [0.2, 0.25) is 15.9 Å². The van der Waals surface area contributed by atoms with E-state index >= 15 is 0 Å². The van der Waals surface area contributed by atoms with Crippen molar-refractivity contribution in [3.05, 3.63) is 53.2 Å². The van der Waals surface area contributed by atoms with E-state index in [1.807, 2.05) is 13.8 Å². The zero-order chi connectivity index (χ0) is 27.5. The van der Waals surface area contributed by atoms with Crippen LogP contribution in [0.1, 0.15) is 49.2 Å². The lowest BCUT2D eigenvalue weighted by Gasteiger charge is -2.37.